The first-order valence-corrected chi connectivity index (χ1v) is 9.31. The Morgan fingerprint density at radius 3 is 2.29 bits per heavy atom. The lowest BCUT2D eigenvalue weighted by molar-refractivity contribution is -0.166. The summed E-state index contributed by atoms with van der Waals surface area (Å²) in [5.41, 5.74) is 3.73. The highest BCUT2D eigenvalue weighted by atomic mass is 16.3. The zero-order valence-electron chi connectivity index (χ0n) is 15.6. The molecule has 0 bridgehead atoms. The van der Waals surface area contributed by atoms with Gasteiger partial charge in [-0.15, -0.1) is 0 Å². The molecule has 2 amide bonds. The number of aliphatic hydroxyl groups is 1. The number of carbonyl (C=O) groups excluding carboxylic acids is 2. The van der Waals surface area contributed by atoms with Gasteiger partial charge in [-0.2, -0.15) is 5.26 Å². The van der Waals surface area contributed by atoms with Crippen LogP contribution in [0.15, 0.2) is 48.5 Å². The van der Waals surface area contributed by atoms with Gasteiger partial charge >= 0.3 is 0 Å². The topological polar surface area (TPSA) is 84.6 Å². The van der Waals surface area contributed by atoms with Crippen LogP contribution in [-0.2, 0) is 9.59 Å². The summed E-state index contributed by atoms with van der Waals surface area (Å²) >= 11 is 0. The summed E-state index contributed by atoms with van der Waals surface area (Å²) in [4.78, 5) is 27.5. The van der Waals surface area contributed by atoms with Crippen molar-refractivity contribution in [3.8, 4) is 17.2 Å². The molecule has 2 aromatic carbocycles. The molecular formula is C22H21N3O3. The van der Waals surface area contributed by atoms with Gasteiger partial charge in [-0.3, -0.25) is 9.59 Å². The fraction of sp³-hybridized carbons (Fsp3) is 0.318. The molecule has 0 spiro atoms. The molecule has 2 aromatic rings. The summed E-state index contributed by atoms with van der Waals surface area (Å²) in [7, 11) is 0. The van der Waals surface area contributed by atoms with Gasteiger partial charge in [0.1, 0.15) is 0 Å². The molecule has 1 N–H and O–H groups in total. The lowest BCUT2D eigenvalue weighted by Crippen LogP contribution is -2.73. The van der Waals surface area contributed by atoms with Crippen molar-refractivity contribution in [2.45, 2.75) is 24.9 Å². The van der Waals surface area contributed by atoms with Gasteiger partial charge in [-0.25, -0.2) is 0 Å². The Morgan fingerprint density at radius 1 is 1.14 bits per heavy atom. The predicted octanol–water partition coefficient (Wildman–Crippen LogP) is 1.74. The standard InChI is InChI=1S/C22H21N3O3/c1-14(27)24-11-19-22(20(13-26)25(19)21(28)12-24)18-8-6-17(7-9-18)16-4-2-15(10-23)3-5-16/h2-9,19-20,22,26H,11-13H2,1H3/t19-,20+,22-/m0/s1. The molecule has 142 valence electrons. The van der Waals surface area contributed by atoms with E-state index in [4.69, 9.17) is 5.26 Å². The summed E-state index contributed by atoms with van der Waals surface area (Å²) in [6.45, 7) is 1.98. The van der Waals surface area contributed by atoms with E-state index in [1.54, 1.807) is 21.9 Å². The maximum atomic E-state index is 12.4. The smallest absolute Gasteiger partial charge is 0.242 e. The Hall–Kier alpha value is -3.17. The van der Waals surface area contributed by atoms with E-state index in [9.17, 15) is 14.7 Å². The first-order chi connectivity index (χ1) is 13.5. The van der Waals surface area contributed by atoms with Crippen LogP contribution in [0, 0.1) is 11.3 Å². The third-order valence-corrected chi connectivity index (χ3v) is 5.84. The second kappa shape index (κ2) is 7.10. The average molecular weight is 375 g/mol. The Balaban J connectivity index is 1.58. The van der Waals surface area contributed by atoms with Crippen LogP contribution in [0.3, 0.4) is 0 Å². The van der Waals surface area contributed by atoms with Crippen molar-refractivity contribution >= 4 is 11.8 Å². The lowest BCUT2D eigenvalue weighted by atomic mass is 9.73. The molecular weight excluding hydrogens is 354 g/mol. The van der Waals surface area contributed by atoms with Crippen LogP contribution in [0.5, 0.6) is 0 Å². The quantitative estimate of drug-likeness (QED) is 0.886. The van der Waals surface area contributed by atoms with Crippen LogP contribution in [0.4, 0.5) is 0 Å². The first kappa shape index (κ1) is 18.2. The molecule has 6 nitrogen and oxygen atoms in total. The minimum Gasteiger partial charge on any atom is -0.394 e. The second-order valence-corrected chi connectivity index (χ2v) is 7.35. The number of hydrogen-bond donors (Lipinski definition) is 1. The highest BCUT2D eigenvalue weighted by Crippen LogP contribution is 2.43. The van der Waals surface area contributed by atoms with E-state index in [0.717, 1.165) is 16.7 Å². The van der Waals surface area contributed by atoms with Gasteiger partial charge in [0.25, 0.3) is 0 Å². The highest BCUT2D eigenvalue weighted by molar-refractivity contribution is 5.87. The van der Waals surface area contributed by atoms with E-state index >= 15 is 0 Å². The summed E-state index contributed by atoms with van der Waals surface area (Å²) < 4.78 is 0. The first-order valence-electron chi connectivity index (χ1n) is 9.31. The summed E-state index contributed by atoms with van der Waals surface area (Å²) in [5, 5.41) is 18.8. The maximum absolute atomic E-state index is 12.4. The molecule has 0 aliphatic carbocycles. The summed E-state index contributed by atoms with van der Waals surface area (Å²) in [6.07, 6.45) is 0. The Morgan fingerprint density at radius 2 is 1.75 bits per heavy atom. The number of piperazine rings is 1. The van der Waals surface area contributed by atoms with Gasteiger partial charge in [-0.05, 0) is 28.8 Å². The molecule has 4 rings (SSSR count). The van der Waals surface area contributed by atoms with Crippen molar-refractivity contribution in [2.75, 3.05) is 19.7 Å². The van der Waals surface area contributed by atoms with Crippen LogP contribution in [0.25, 0.3) is 11.1 Å². The summed E-state index contributed by atoms with van der Waals surface area (Å²) in [5.74, 6) is -0.197. The van der Waals surface area contributed by atoms with Crippen LogP contribution in [-0.4, -0.2) is 58.5 Å². The van der Waals surface area contributed by atoms with Crippen molar-refractivity contribution in [3.63, 3.8) is 0 Å². The van der Waals surface area contributed by atoms with Gasteiger partial charge in [0, 0.05) is 19.4 Å². The Labute approximate surface area is 163 Å². The van der Waals surface area contributed by atoms with Crippen molar-refractivity contribution in [2.24, 2.45) is 0 Å². The molecule has 6 heteroatoms. The van der Waals surface area contributed by atoms with Crippen LogP contribution in [0.2, 0.25) is 0 Å². The largest absolute Gasteiger partial charge is 0.394 e. The van der Waals surface area contributed by atoms with E-state index < -0.39 is 0 Å². The van der Waals surface area contributed by atoms with Gasteiger partial charge in [0.2, 0.25) is 11.8 Å². The van der Waals surface area contributed by atoms with Crippen LogP contribution in [0.1, 0.15) is 24.0 Å². The Kier molecular flexibility index (Phi) is 4.62. The number of benzene rings is 2. The van der Waals surface area contributed by atoms with Gasteiger partial charge < -0.3 is 14.9 Å². The van der Waals surface area contributed by atoms with E-state index in [2.05, 4.69) is 6.07 Å². The van der Waals surface area contributed by atoms with E-state index in [1.165, 1.54) is 6.92 Å². The van der Waals surface area contributed by atoms with Crippen LogP contribution >= 0.6 is 0 Å². The fourth-order valence-corrected chi connectivity index (χ4v) is 4.37. The van der Waals surface area contributed by atoms with Crippen LogP contribution < -0.4 is 0 Å². The average Bonchev–Trinajstić information content (AvgIpc) is 2.70. The number of aliphatic hydroxyl groups excluding tert-OH is 1. The monoisotopic (exact) mass is 375 g/mol. The molecule has 0 radical (unpaired) electrons. The zero-order chi connectivity index (χ0) is 19.8. The molecule has 3 atom stereocenters. The third-order valence-electron chi connectivity index (χ3n) is 5.84. The van der Waals surface area contributed by atoms with E-state index in [-0.39, 0.29) is 43.0 Å². The van der Waals surface area contributed by atoms with Gasteiger partial charge in [0.05, 0.1) is 36.9 Å². The van der Waals surface area contributed by atoms with Gasteiger partial charge in [0.15, 0.2) is 0 Å². The number of nitriles is 1. The second-order valence-electron chi connectivity index (χ2n) is 7.35. The third kappa shape index (κ3) is 2.94. The Bertz CT molecular complexity index is 946. The number of amides is 2. The van der Waals surface area contributed by atoms with E-state index in [0.29, 0.717) is 12.1 Å². The number of rotatable bonds is 3. The predicted molar refractivity (Wildman–Crippen MR) is 103 cm³/mol. The van der Waals surface area contributed by atoms with E-state index in [1.807, 2.05) is 36.4 Å². The molecule has 2 aliphatic heterocycles. The minimum atomic E-state index is -0.243. The molecule has 2 heterocycles. The normalized spacial score (nSPS) is 23.6. The van der Waals surface area contributed by atoms with Crippen molar-refractivity contribution < 1.29 is 14.7 Å². The van der Waals surface area contributed by atoms with Crippen molar-refractivity contribution in [1.29, 1.82) is 5.26 Å². The summed E-state index contributed by atoms with van der Waals surface area (Å²) in [6, 6.07) is 17.3. The molecule has 0 aromatic heterocycles. The number of hydrogen-bond acceptors (Lipinski definition) is 4. The van der Waals surface area contributed by atoms with Crippen molar-refractivity contribution in [1.82, 2.24) is 9.80 Å². The van der Waals surface area contributed by atoms with Crippen molar-refractivity contribution in [3.05, 3.63) is 59.7 Å². The number of carbonyl (C=O) groups is 2. The lowest BCUT2D eigenvalue weighted by Gasteiger charge is -2.58. The highest BCUT2D eigenvalue weighted by Gasteiger charge is 2.54. The SMILES string of the molecule is CC(=O)N1CC(=O)N2[C@H](CO)[C@@H](c3ccc(-c4ccc(C#N)cc4)cc3)[C@@H]2C1. The molecule has 2 fully saturated rings. The number of fused-ring (bicyclic) bond motifs is 1. The molecule has 0 unspecified atom stereocenters. The molecule has 28 heavy (non-hydrogen) atoms. The number of nitrogens with zero attached hydrogens (tertiary/aromatic N) is 3. The molecule has 2 saturated heterocycles. The van der Waals surface area contributed by atoms with Gasteiger partial charge in [-0.1, -0.05) is 36.4 Å². The molecule has 2 aliphatic rings. The molecule has 0 saturated carbocycles. The minimum absolute atomic E-state index is 0.00566. The fourth-order valence-electron chi connectivity index (χ4n) is 4.37. The maximum Gasteiger partial charge on any atom is 0.242 e. The zero-order valence-corrected chi connectivity index (χ0v) is 15.6.